The molecule has 0 atom stereocenters. The van der Waals surface area contributed by atoms with E-state index in [1.54, 1.807) is 0 Å². The summed E-state index contributed by atoms with van der Waals surface area (Å²) in [5.41, 5.74) is 10.8. The van der Waals surface area contributed by atoms with Crippen molar-refractivity contribution in [3.63, 3.8) is 0 Å². The normalized spacial score (nSPS) is 11.7. The van der Waals surface area contributed by atoms with Gasteiger partial charge >= 0.3 is 6.36 Å². The number of pyridine rings is 1. The van der Waals surface area contributed by atoms with Gasteiger partial charge in [-0.1, -0.05) is 12.1 Å². The molecule has 0 unspecified atom stereocenters. The number of rotatable bonds is 2. The highest BCUT2D eigenvalue weighted by molar-refractivity contribution is 5.97. The Hall–Kier alpha value is -2.76. The molecule has 3 rings (SSSR count). The van der Waals surface area contributed by atoms with Crippen molar-refractivity contribution in [2.45, 2.75) is 20.2 Å². The Bertz CT molecular complexity index is 903. The first kappa shape index (κ1) is 16.1. The van der Waals surface area contributed by atoms with Crippen LogP contribution in [0.3, 0.4) is 0 Å². The van der Waals surface area contributed by atoms with E-state index in [9.17, 15) is 13.2 Å². The number of nitrogens with zero attached hydrogens (tertiary/aromatic N) is 1. The summed E-state index contributed by atoms with van der Waals surface area (Å²) in [5.74, 6) is -0.270. The highest BCUT2D eigenvalue weighted by Crippen LogP contribution is 2.34. The molecule has 1 aromatic heterocycles. The molecule has 0 aliphatic heterocycles. The topological polar surface area (TPSA) is 48.1 Å². The molecule has 124 valence electrons. The number of alkyl halides is 3. The third-order valence-corrected chi connectivity index (χ3v) is 3.87. The first-order chi connectivity index (χ1) is 11.3. The Labute approximate surface area is 136 Å². The average molecular weight is 332 g/mol. The van der Waals surface area contributed by atoms with Crippen LogP contribution in [0.2, 0.25) is 0 Å². The van der Waals surface area contributed by atoms with E-state index in [0.29, 0.717) is 16.9 Å². The second-order valence-corrected chi connectivity index (χ2v) is 5.54. The fraction of sp³-hybridized carbons (Fsp3) is 0.167. The van der Waals surface area contributed by atoms with E-state index >= 15 is 0 Å². The van der Waals surface area contributed by atoms with Gasteiger partial charge in [-0.3, -0.25) is 0 Å². The molecule has 0 aliphatic rings. The molecule has 2 N–H and O–H groups in total. The number of anilines is 1. The van der Waals surface area contributed by atoms with Gasteiger partial charge in [0.05, 0.1) is 11.2 Å². The van der Waals surface area contributed by atoms with E-state index in [4.69, 9.17) is 5.73 Å². The third-order valence-electron chi connectivity index (χ3n) is 3.87. The van der Waals surface area contributed by atoms with Crippen molar-refractivity contribution in [2.75, 3.05) is 5.73 Å². The van der Waals surface area contributed by atoms with Gasteiger partial charge in [0.1, 0.15) is 5.75 Å². The van der Waals surface area contributed by atoms with Crippen LogP contribution in [0.25, 0.3) is 22.2 Å². The predicted molar refractivity (Wildman–Crippen MR) is 87.7 cm³/mol. The van der Waals surface area contributed by atoms with Crippen molar-refractivity contribution in [2.24, 2.45) is 0 Å². The summed E-state index contributed by atoms with van der Waals surface area (Å²) in [7, 11) is 0. The molecule has 3 nitrogen and oxygen atoms in total. The van der Waals surface area contributed by atoms with Crippen LogP contribution in [0.1, 0.15) is 11.1 Å². The van der Waals surface area contributed by atoms with Crippen molar-refractivity contribution in [1.29, 1.82) is 0 Å². The van der Waals surface area contributed by atoms with Crippen LogP contribution in [-0.2, 0) is 0 Å². The maximum atomic E-state index is 12.2. The second-order valence-electron chi connectivity index (χ2n) is 5.54. The standard InChI is InChI=1S/C18H15F3N2O/c1-10-4-3-5-14-15(10)16(22)11(2)17(23-14)12-6-8-13(9-7-12)24-18(19,20)21/h3-9H,1-2H3,(H2,22,23). The summed E-state index contributed by atoms with van der Waals surface area (Å²) in [5, 5.41) is 0.899. The quantitative estimate of drug-likeness (QED) is 0.718. The fourth-order valence-corrected chi connectivity index (χ4v) is 2.71. The minimum Gasteiger partial charge on any atom is -0.406 e. The number of nitrogen functional groups attached to an aromatic ring is 1. The number of hydrogen-bond acceptors (Lipinski definition) is 3. The molecule has 0 saturated carbocycles. The zero-order valence-electron chi connectivity index (χ0n) is 13.1. The molecular weight excluding hydrogens is 317 g/mol. The van der Waals surface area contributed by atoms with Crippen molar-refractivity contribution < 1.29 is 17.9 Å². The monoisotopic (exact) mass is 332 g/mol. The van der Waals surface area contributed by atoms with Gasteiger partial charge in [0, 0.05) is 16.6 Å². The minimum atomic E-state index is -4.71. The first-order valence-corrected chi connectivity index (χ1v) is 7.28. The van der Waals surface area contributed by atoms with Crippen LogP contribution in [0, 0.1) is 13.8 Å². The largest absolute Gasteiger partial charge is 0.573 e. The average Bonchev–Trinajstić information content (AvgIpc) is 2.50. The van der Waals surface area contributed by atoms with E-state index in [0.717, 1.165) is 22.0 Å². The number of halogens is 3. The van der Waals surface area contributed by atoms with E-state index in [-0.39, 0.29) is 5.75 Å². The first-order valence-electron chi connectivity index (χ1n) is 7.28. The highest BCUT2D eigenvalue weighted by Gasteiger charge is 2.31. The fourth-order valence-electron chi connectivity index (χ4n) is 2.71. The van der Waals surface area contributed by atoms with Gasteiger partial charge in [-0.15, -0.1) is 13.2 Å². The molecule has 0 saturated heterocycles. The number of benzene rings is 2. The van der Waals surface area contributed by atoms with Crippen LogP contribution < -0.4 is 10.5 Å². The zero-order valence-corrected chi connectivity index (χ0v) is 13.1. The van der Waals surface area contributed by atoms with E-state index in [2.05, 4.69) is 9.72 Å². The summed E-state index contributed by atoms with van der Waals surface area (Å²) in [6, 6.07) is 11.3. The SMILES string of the molecule is Cc1c(-c2ccc(OC(F)(F)F)cc2)nc2cccc(C)c2c1N. The van der Waals surface area contributed by atoms with Crippen LogP contribution >= 0.6 is 0 Å². The summed E-state index contributed by atoms with van der Waals surface area (Å²) in [6.07, 6.45) is -4.71. The number of ether oxygens (including phenoxy) is 1. The molecule has 24 heavy (non-hydrogen) atoms. The van der Waals surface area contributed by atoms with Gasteiger partial charge in [-0.2, -0.15) is 0 Å². The molecule has 6 heteroatoms. The highest BCUT2D eigenvalue weighted by atomic mass is 19.4. The number of fused-ring (bicyclic) bond motifs is 1. The van der Waals surface area contributed by atoms with Crippen LogP contribution in [0.15, 0.2) is 42.5 Å². The number of aromatic nitrogens is 1. The molecule has 0 amide bonds. The van der Waals surface area contributed by atoms with Crippen molar-refractivity contribution in [3.8, 4) is 17.0 Å². The molecule has 0 fully saturated rings. The molecule has 0 aliphatic carbocycles. The zero-order chi connectivity index (χ0) is 17.5. The molecule has 2 aromatic carbocycles. The van der Waals surface area contributed by atoms with E-state index in [1.807, 2.05) is 32.0 Å². The van der Waals surface area contributed by atoms with Gasteiger partial charge < -0.3 is 10.5 Å². The van der Waals surface area contributed by atoms with Crippen molar-refractivity contribution in [3.05, 3.63) is 53.6 Å². The van der Waals surface area contributed by atoms with Gasteiger partial charge in [0.15, 0.2) is 0 Å². The Morgan fingerprint density at radius 3 is 2.29 bits per heavy atom. The van der Waals surface area contributed by atoms with Crippen molar-refractivity contribution in [1.82, 2.24) is 4.98 Å². The number of nitrogens with two attached hydrogens (primary N) is 1. The van der Waals surface area contributed by atoms with Gasteiger partial charge in [-0.05, 0) is 55.3 Å². The Morgan fingerprint density at radius 1 is 1.00 bits per heavy atom. The molecule has 3 aromatic rings. The summed E-state index contributed by atoms with van der Waals surface area (Å²) < 4.78 is 40.6. The lowest BCUT2D eigenvalue weighted by molar-refractivity contribution is -0.274. The lowest BCUT2D eigenvalue weighted by Gasteiger charge is -2.14. The lowest BCUT2D eigenvalue weighted by Crippen LogP contribution is -2.16. The Balaban J connectivity index is 2.08. The summed E-state index contributed by atoms with van der Waals surface area (Å²) >= 11 is 0. The van der Waals surface area contributed by atoms with Gasteiger partial charge in [0.25, 0.3) is 0 Å². The Kier molecular flexibility index (Phi) is 3.83. The van der Waals surface area contributed by atoms with Crippen LogP contribution in [0.4, 0.5) is 18.9 Å². The predicted octanol–water partition coefficient (Wildman–Crippen LogP) is 5.00. The smallest absolute Gasteiger partial charge is 0.406 e. The van der Waals surface area contributed by atoms with E-state index < -0.39 is 6.36 Å². The van der Waals surface area contributed by atoms with E-state index in [1.165, 1.54) is 24.3 Å². The minimum absolute atomic E-state index is 0.270. The summed E-state index contributed by atoms with van der Waals surface area (Å²) in [4.78, 5) is 4.63. The lowest BCUT2D eigenvalue weighted by atomic mass is 10.00. The maximum absolute atomic E-state index is 12.2. The van der Waals surface area contributed by atoms with Gasteiger partial charge in [0.2, 0.25) is 0 Å². The number of aryl methyl sites for hydroxylation is 1. The molecule has 0 radical (unpaired) electrons. The third kappa shape index (κ3) is 2.99. The Morgan fingerprint density at radius 2 is 1.67 bits per heavy atom. The van der Waals surface area contributed by atoms with Crippen molar-refractivity contribution >= 4 is 16.6 Å². The van der Waals surface area contributed by atoms with Crippen LogP contribution in [0.5, 0.6) is 5.75 Å². The molecule has 1 heterocycles. The van der Waals surface area contributed by atoms with Gasteiger partial charge in [-0.25, -0.2) is 4.98 Å². The molecular formula is C18H15F3N2O. The summed E-state index contributed by atoms with van der Waals surface area (Å²) in [6.45, 7) is 3.81. The number of hydrogen-bond donors (Lipinski definition) is 1. The van der Waals surface area contributed by atoms with Crippen LogP contribution in [-0.4, -0.2) is 11.3 Å². The maximum Gasteiger partial charge on any atom is 0.573 e. The molecule has 0 bridgehead atoms. The second kappa shape index (κ2) is 5.70. The molecule has 0 spiro atoms.